The Hall–Kier alpha value is -1.94. The highest BCUT2D eigenvalue weighted by atomic mass is 32.2. The summed E-state index contributed by atoms with van der Waals surface area (Å²) in [4.78, 5) is 4.37. The molecule has 3 heterocycles. The zero-order valence-corrected chi connectivity index (χ0v) is 16.1. The normalized spacial score (nSPS) is 16.3. The van der Waals surface area contributed by atoms with E-state index in [0.717, 1.165) is 22.7 Å². The number of benzene rings is 1. The summed E-state index contributed by atoms with van der Waals surface area (Å²) in [6, 6.07) is 8.95. The van der Waals surface area contributed by atoms with Crippen molar-refractivity contribution >= 4 is 44.1 Å². The molecule has 1 atom stereocenters. The van der Waals surface area contributed by atoms with Crippen LogP contribution in [0.5, 0.6) is 0 Å². The van der Waals surface area contributed by atoms with Gasteiger partial charge in [0, 0.05) is 18.0 Å². The number of aliphatic hydroxyl groups is 1. The van der Waals surface area contributed by atoms with E-state index in [1.807, 2.05) is 17.5 Å². The average Bonchev–Trinajstić information content (AvgIpc) is 3.39. The van der Waals surface area contributed by atoms with E-state index in [2.05, 4.69) is 10.3 Å². The summed E-state index contributed by atoms with van der Waals surface area (Å²) in [6.07, 6.45) is 2.52. The Labute approximate surface area is 159 Å². The minimum Gasteiger partial charge on any atom is -0.394 e. The second-order valence-electron chi connectivity index (χ2n) is 5.82. The van der Waals surface area contributed by atoms with E-state index >= 15 is 0 Å². The van der Waals surface area contributed by atoms with Gasteiger partial charge in [-0.05, 0) is 23.1 Å². The van der Waals surface area contributed by atoms with Crippen LogP contribution < -0.4 is 9.62 Å². The maximum atomic E-state index is 13.1. The first kappa shape index (κ1) is 17.5. The highest BCUT2D eigenvalue weighted by molar-refractivity contribution is 7.94. The van der Waals surface area contributed by atoms with Crippen LogP contribution in [-0.2, 0) is 16.4 Å². The highest BCUT2D eigenvalue weighted by Gasteiger charge is 2.32. The molecule has 136 valence electrons. The number of thiophene rings is 1. The third-order valence-electron chi connectivity index (χ3n) is 4.23. The van der Waals surface area contributed by atoms with Crippen molar-refractivity contribution in [2.75, 3.05) is 22.8 Å². The summed E-state index contributed by atoms with van der Waals surface area (Å²) in [5.74, 6) is 0. The van der Waals surface area contributed by atoms with Gasteiger partial charge in [0.05, 0.1) is 30.6 Å². The Morgan fingerprint density at radius 3 is 2.81 bits per heavy atom. The monoisotopic (exact) mass is 407 g/mol. The van der Waals surface area contributed by atoms with Gasteiger partial charge in [0.1, 0.15) is 9.22 Å². The molecule has 1 unspecified atom stereocenters. The van der Waals surface area contributed by atoms with Crippen molar-refractivity contribution in [3.8, 4) is 0 Å². The Morgan fingerprint density at radius 2 is 2.12 bits per heavy atom. The number of rotatable bonds is 6. The number of nitrogens with zero attached hydrogens (tertiary/aromatic N) is 2. The molecule has 0 fully saturated rings. The summed E-state index contributed by atoms with van der Waals surface area (Å²) in [5.41, 5.74) is 2.40. The first-order chi connectivity index (χ1) is 12.6. The van der Waals surface area contributed by atoms with E-state index in [-0.39, 0.29) is 23.4 Å². The van der Waals surface area contributed by atoms with Gasteiger partial charge in [0.15, 0.2) is 0 Å². The first-order valence-corrected chi connectivity index (χ1v) is 11.3. The minimum absolute atomic E-state index is 0.000283. The van der Waals surface area contributed by atoms with E-state index in [1.165, 1.54) is 15.6 Å². The largest absolute Gasteiger partial charge is 0.394 e. The number of aliphatic hydroxyl groups excluding tert-OH is 1. The lowest BCUT2D eigenvalue weighted by molar-refractivity contribution is 0.306. The highest BCUT2D eigenvalue weighted by Crippen LogP contribution is 2.42. The van der Waals surface area contributed by atoms with Crippen molar-refractivity contribution in [3.05, 3.63) is 57.9 Å². The van der Waals surface area contributed by atoms with E-state index in [1.54, 1.807) is 41.1 Å². The number of thiazole rings is 1. The van der Waals surface area contributed by atoms with Crippen LogP contribution in [0.25, 0.3) is 0 Å². The van der Waals surface area contributed by atoms with Crippen LogP contribution in [0.4, 0.5) is 11.4 Å². The number of anilines is 2. The van der Waals surface area contributed by atoms with Crippen LogP contribution in [0.1, 0.15) is 16.6 Å². The summed E-state index contributed by atoms with van der Waals surface area (Å²) in [6.45, 7) is -0.259. The van der Waals surface area contributed by atoms with Crippen molar-refractivity contribution in [3.63, 3.8) is 0 Å². The third kappa shape index (κ3) is 3.01. The molecule has 0 aliphatic carbocycles. The predicted octanol–water partition coefficient (Wildman–Crippen LogP) is 3.10. The molecule has 2 aromatic heterocycles. The second-order valence-corrected chi connectivity index (χ2v) is 9.78. The number of para-hydroxylation sites is 1. The molecule has 26 heavy (non-hydrogen) atoms. The molecule has 4 rings (SSSR count). The van der Waals surface area contributed by atoms with Crippen molar-refractivity contribution < 1.29 is 13.5 Å². The number of aromatic nitrogens is 1. The molecule has 0 radical (unpaired) electrons. The summed E-state index contributed by atoms with van der Waals surface area (Å²) in [7, 11) is -3.73. The van der Waals surface area contributed by atoms with Gasteiger partial charge < -0.3 is 10.4 Å². The standard InChI is InChI=1S/C17H17N3O3S3/c21-8-7-20(26(22,23)15-5-2-9-24-15)14-4-1-3-12-11-13(19-16(12)14)17-18-6-10-25-17/h1-6,9-10,13,19,21H,7-8,11H2. The lowest BCUT2D eigenvalue weighted by Crippen LogP contribution is -2.33. The molecular formula is C17H17N3O3S3. The Morgan fingerprint density at radius 1 is 1.23 bits per heavy atom. The second kappa shape index (κ2) is 6.99. The molecule has 0 saturated carbocycles. The first-order valence-electron chi connectivity index (χ1n) is 8.06. The van der Waals surface area contributed by atoms with Gasteiger partial charge in [0.25, 0.3) is 10.0 Å². The average molecular weight is 408 g/mol. The van der Waals surface area contributed by atoms with Crippen molar-refractivity contribution in [2.24, 2.45) is 0 Å². The minimum atomic E-state index is -3.73. The van der Waals surface area contributed by atoms with Crippen molar-refractivity contribution in [2.45, 2.75) is 16.7 Å². The number of fused-ring (bicyclic) bond motifs is 1. The van der Waals surface area contributed by atoms with E-state index in [9.17, 15) is 13.5 Å². The third-order valence-corrected chi connectivity index (χ3v) is 8.31. The van der Waals surface area contributed by atoms with Gasteiger partial charge in [-0.15, -0.1) is 22.7 Å². The Kier molecular flexibility index (Phi) is 4.70. The van der Waals surface area contributed by atoms with Crippen LogP contribution in [0.2, 0.25) is 0 Å². The van der Waals surface area contributed by atoms with E-state index in [4.69, 9.17) is 0 Å². The maximum absolute atomic E-state index is 13.1. The predicted molar refractivity (Wildman–Crippen MR) is 105 cm³/mol. The lowest BCUT2D eigenvalue weighted by Gasteiger charge is -2.25. The molecule has 1 aromatic carbocycles. The number of sulfonamides is 1. The lowest BCUT2D eigenvalue weighted by atomic mass is 10.1. The van der Waals surface area contributed by atoms with Gasteiger partial charge >= 0.3 is 0 Å². The van der Waals surface area contributed by atoms with Crippen LogP contribution in [-0.4, -0.2) is 31.7 Å². The molecule has 6 nitrogen and oxygen atoms in total. The van der Waals surface area contributed by atoms with Gasteiger partial charge in [0.2, 0.25) is 0 Å². The van der Waals surface area contributed by atoms with Gasteiger partial charge in [-0.25, -0.2) is 13.4 Å². The van der Waals surface area contributed by atoms with Gasteiger partial charge in [-0.3, -0.25) is 4.31 Å². The molecule has 1 aliphatic rings. The van der Waals surface area contributed by atoms with Gasteiger partial charge in [-0.1, -0.05) is 18.2 Å². The molecule has 0 saturated heterocycles. The zero-order chi connectivity index (χ0) is 18.1. The zero-order valence-electron chi connectivity index (χ0n) is 13.7. The number of nitrogens with one attached hydrogen (secondary N) is 1. The summed E-state index contributed by atoms with van der Waals surface area (Å²) < 4.78 is 27.7. The molecular weight excluding hydrogens is 390 g/mol. The van der Waals surface area contributed by atoms with Crippen LogP contribution in [0, 0.1) is 0 Å². The molecule has 0 bridgehead atoms. The quantitative estimate of drug-likeness (QED) is 0.656. The van der Waals surface area contributed by atoms with E-state index < -0.39 is 10.0 Å². The maximum Gasteiger partial charge on any atom is 0.273 e. The van der Waals surface area contributed by atoms with Crippen molar-refractivity contribution in [1.82, 2.24) is 4.98 Å². The molecule has 0 amide bonds. The topological polar surface area (TPSA) is 82.5 Å². The Balaban J connectivity index is 1.75. The molecule has 9 heteroatoms. The summed E-state index contributed by atoms with van der Waals surface area (Å²) in [5, 5.41) is 17.5. The Bertz CT molecular complexity index is 986. The number of hydrogen-bond donors (Lipinski definition) is 2. The number of hydrogen-bond acceptors (Lipinski definition) is 7. The van der Waals surface area contributed by atoms with Crippen LogP contribution in [0.15, 0.2) is 51.5 Å². The fraction of sp³-hybridized carbons (Fsp3) is 0.235. The van der Waals surface area contributed by atoms with E-state index in [0.29, 0.717) is 5.69 Å². The van der Waals surface area contributed by atoms with Crippen molar-refractivity contribution in [1.29, 1.82) is 0 Å². The molecule has 3 aromatic rings. The van der Waals surface area contributed by atoms with Gasteiger partial charge in [-0.2, -0.15) is 0 Å². The molecule has 1 aliphatic heterocycles. The van der Waals surface area contributed by atoms with Crippen LogP contribution >= 0.6 is 22.7 Å². The van der Waals surface area contributed by atoms with Crippen LogP contribution in [0.3, 0.4) is 0 Å². The summed E-state index contributed by atoms with van der Waals surface area (Å²) >= 11 is 2.75. The fourth-order valence-corrected chi connectivity index (χ4v) is 6.37. The molecule has 0 spiro atoms. The fourth-order valence-electron chi connectivity index (χ4n) is 3.11. The SMILES string of the molecule is O=S(=O)(c1cccs1)N(CCO)c1cccc2c1NC(c1nccs1)C2. The molecule has 2 N–H and O–H groups in total. The smallest absolute Gasteiger partial charge is 0.273 e.